The van der Waals surface area contributed by atoms with Gasteiger partial charge in [0.25, 0.3) is 5.90 Å². The number of nitrogens with zero attached hydrogens (tertiary/aromatic N) is 2. The van der Waals surface area contributed by atoms with Crippen molar-refractivity contribution in [3.8, 4) is 0 Å². The maximum absolute atomic E-state index is 11.9. The molecule has 0 spiro atoms. The Labute approximate surface area is 136 Å². The molecule has 0 bridgehead atoms. The Morgan fingerprint density at radius 2 is 2.09 bits per heavy atom. The smallest absolute Gasteiger partial charge is 0.363 e. The van der Waals surface area contributed by atoms with Crippen molar-refractivity contribution in [3.63, 3.8) is 0 Å². The first-order chi connectivity index (χ1) is 10.5. The predicted molar refractivity (Wildman–Crippen MR) is 87.8 cm³/mol. The van der Waals surface area contributed by atoms with Crippen molar-refractivity contribution >= 4 is 39.6 Å². The Kier molecular flexibility index (Phi) is 3.85. The Hall–Kier alpha value is -2.34. The van der Waals surface area contributed by atoms with Crippen molar-refractivity contribution in [1.82, 2.24) is 0 Å². The third-order valence-corrected chi connectivity index (χ3v) is 3.74. The lowest BCUT2D eigenvalue weighted by atomic mass is 10.1. The lowest BCUT2D eigenvalue weighted by molar-refractivity contribution is -0.130. The summed E-state index contributed by atoms with van der Waals surface area (Å²) in [6.45, 7) is 0. The van der Waals surface area contributed by atoms with Crippen LogP contribution in [-0.4, -0.2) is 26.0 Å². The third kappa shape index (κ3) is 2.82. The van der Waals surface area contributed by atoms with E-state index in [1.54, 1.807) is 18.2 Å². The van der Waals surface area contributed by atoms with Crippen LogP contribution in [0.25, 0.3) is 6.08 Å². The minimum Gasteiger partial charge on any atom is -0.459 e. The molecule has 0 atom stereocenters. The summed E-state index contributed by atoms with van der Waals surface area (Å²) in [4.78, 5) is 18.1. The zero-order valence-corrected chi connectivity index (χ0v) is 13.6. The number of carbonyl (C=O) groups excluding carboxylic acids is 1. The van der Waals surface area contributed by atoms with Gasteiger partial charge >= 0.3 is 5.97 Å². The quantitative estimate of drug-likeness (QED) is 0.621. The molecule has 2 aromatic rings. The highest BCUT2D eigenvalue weighted by atomic mass is 79.9. The number of cyclic esters (lactones) is 1. The molecular formula is C16H13BrN2O3. The van der Waals surface area contributed by atoms with Crippen LogP contribution in [0.2, 0.25) is 0 Å². The summed E-state index contributed by atoms with van der Waals surface area (Å²) >= 11 is 3.52. The summed E-state index contributed by atoms with van der Waals surface area (Å²) in [6.07, 6.45) is 3.19. The maximum Gasteiger partial charge on any atom is 0.363 e. The van der Waals surface area contributed by atoms with E-state index in [-0.39, 0.29) is 11.6 Å². The second-order valence-corrected chi connectivity index (χ2v) is 5.77. The van der Waals surface area contributed by atoms with Crippen LogP contribution in [0.5, 0.6) is 0 Å². The van der Waals surface area contributed by atoms with Crippen LogP contribution in [-0.2, 0) is 9.53 Å². The number of furan rings is 1. The number of hydrogen-bond donors (Lipinski definition) is 0. The van der Waals surface area contributed by atoms with E-state index in [2.05, 4.69) is 20.9 Å². The van der Waals surface area contributed by atoms with Crippen molar-refractivity contribution < 1.29 is 13.9 Å². The van der Waals surface area contributed by atoms with Gasteiger partial charge in [-0.15, -0.1) is 0 Å². The number of halogens is 1. The van der Waals surface area contributed by atoms with Crippen LogP contribution in [0.15, 0.2) is 56.2 Å². The molecule has 112 valence electrons. The zero-order chi connectivity index (χ0) is 15.7. The molecule has 5 nitrogen and oxygen atoms in total. The van der Waals surface area contributed by atoms with Crippen LogP contribution in [0.1, 0.15) is 11.3 Å². The fourth-order valence-electron chi connectivity index (χ4n) is 2.05. The minimum absolute atomic E-state index is 0.185. The van der Waals surface area contributed by atoms with Crippen molar-refractivity contribution in [3.05, 3.63) is 58.1 Å². The monoisotopic (exact) mass is 360 g/mol. The van der Waals surface area contributed by atoms with Gasteiger partial charge in [0, 0.05) is 18.6 Å². The molecule has 6 heteroatoms. The van der Waals surface area contributed by atoms with Gasteiger partial charge in [-0.2, -0.15) is 0 Å². The summed E-state index contributed by atoms with van der Waals surface area (Å²) in [5, 5.41) is 0. The maximum atomic E-state index is 11.9. The van der Waals surface area contributed by atoms with Crippen LogP contribution >= 0.6 is 15.9 Å². The van der Waals surface area contributed by atoms with E-state index in [4.69, 9.17) is 9.15 Å². The second kappa shape index (κ2) is 5.81. The Morgan fingerprint density at radius 1 is 1.27 bits per heavy atom. The largest absolute Gasteiger partial charge is 0.459 e. The highest BCUT2D eigenvalue weighted by Crippen LogP contribution is 2.27. The average Bonchev–Trinajstić information content (AvgIpc) is 3.09. The average molecular weight is 361 g/mol. The number of aliphatic imine (C=N–C) groups is 1. The molecule has 1 aromatic heterocycles. The van der Waals surface area contributed by atoms with Crippen molar-refractivity contribution in [2.45, 2.75) is 0 Å². The third-order valence-electron chi connectivity index (χ3n) is 3.11. The van der Waals surface area contributed by atoms with Crippen molar-refractivity contribution in [2.24, 2.45) is 4.99 Å². The van der Waals surface area contributed by atoms with E-state index in [0.29, 0.717) is 5.76 Å². The number of benzene rings is 1. The molecule has 0 amide bonds. The molecule has 0 saturated carbocycles. The first-order valence-corrected chi connectivity index (χ1v) is 7.37. The Balaban J connectivity index is 1.92. The Bertz CT molecular complexity index is 777. The molecule has 0 fully saturated rings. The number of ether oxygens (including phenoxy) is 1. The number of rotatable bonds is 3. The van der Waals surface area contributed by atoms with E-state index in [0.717, 1.165) is 15.7 Å². The SMILES string of the molecule is CN(C)c1ccc(/C=C2/N=C(c3ccco3)OC2=O)cc1Br. The van der Waals surface area contributed by atoms with E-state index in [1.165, 1.54) is 6.26 Å². The summed E-state index contributed by atoms with van der Waals surface area (Å²) < 4.78 is 11.2. The van der Waals surface area contributed by atoms with E-state index in [9.17, 15) is 4.79 Å². The van der Waals surface area contributed by atoms with Crippen LogP contribution in [0, 0.1) is 0 Å². The fourth-order valence-corrected chi connectivity index (χ4v) is 2.80. The second-order valence-electron chi connectivity index (χ2n) is 4.92. The highest BCUT2D eigenvalue weighted by Gasteiger charge is 2.25. The topological polar surface area (TPSA) is 55.0 Å². The molecule has 0 saturated heterocycles. The molecule has 1 aliphatic heterocycles. The normalized spacial score (nSPS) is 15.9. The number of anilines is 1. The van der Waals surface area contributed by atoms with E-state index in [1.807, 2.05) is 37.2 Å². The van der Waals surface area contributed by atoms with Gasteiger partial charge < -0.3 is 14.1 Å². The molecule has 2 heterocycles. The molecule has 3 rings (SSSR count). The fraction of sp³-hybridized carbons (Fsp3) is 0.125. The Morgan fingerprint density at radius 3 is 2.73 bits per heavy atom. The van der Waals surface area contributed by atoms with Gasteiger partial charge in [0.2, 0.25) is 0 Å². The van der Waals surface area contributed by atoms with Crippen LogP contribution in [0.3, 0.4) is 0 Å². The number of hydrogen-bond acceptors (Lipinski definition) is 5. The predicted octanol–water partition coefficient (Wildman–Crippen LogP) is 3.45. The van der Waals surface area contributed by atoms with Gasteiger partial charge in [0.05, 0.1) is 12.0 Å². The summed E-state index contributed by atoms with van der Waals surface area (Å²) in [7, 11) is 3.93. The molecule has 0 aliphatic carbocycles. The summed E-state index contributed by atoms with van der Waals surface area (Å²) in [5.74, 6) is 0.130. The van der Waals surface area contributed by atoms with E-state index >= 15 is 0 Å². The van der Waals surface area contributed by atoms with Crippen LogP contribution in [0.4, 0.5) is 5.69 Å². The molecule has 0 unspecified atom stereocenters. The first kappa shape index (κ1) is 14.6. The van der Waals surface area contributed by atoms with Gasteiger partial charge in [0.15, 0.2) is 11.5 Å². The molecular weight excluding hydrogens is 348 g/mol. The summed E-state index contributed by atoms with van der Waals surface area (Å²) in [6, 6.07) is 9.21. The van der Waals surface area contributed by atoms with Crippen molar-refractivity contribution in [1.29, 1.82) is 0 Å². The first-order valence-electron chi connectivity index (χ1n) is 6.58. The van der Waals surface area contributed by atoms with Gasteiger partial charge in [0.1, 0.15) is 0 Å². The summed E-state index contributed by atoms with van der Waals surface area (Å²) in [5.41, 5.74) is 2.15. The standard InChI is InChI=1S/C16H13BrN2O3/c1-19(2)13-6-5-10(8-11(13)17)9-12-16(20)22-15(18-12)14-4-3-7-21-14/h3-9H,1-2H3/b12-9+. The molecule has 0 radical (unpaired) electrons. The number of carbonyl (C=O) groups is 1. The van der Waals surface area contributed by atoms with Gasteiger partial charge in [-0.3, -0.25) is 0 Å². The zero-order valence-electron chi connectivity index (χ0n) is 12.0. The molecule has 0 N–H and O–H groups in total. The van der Waals surface area contributed by atoms with Gasteiger partial charge in [-0.25, -0.2) is 9.79 Å². The lowest BCUT2D eigenvalue weighted by Crippen LogP contribution is -2.09. The molecule has 1 aromatic carbocycles. The van der Waals surface area contributed by atoms with E-state index < -0.39 is 5.97 Å². The van der Waals surface area contributed by atoms with Gasteiger partial charge in [-0.05, 0) is 51.8 Å². The van der Waals surface area contributed by atoms with Crippen LogP contribution < -0.4 is 4.90 Å². The van der Waals surface area contributed by atoms with Gasteiger partial charge in [-0.1, -0.05) is 6.07 Å². The lowest BCUT2D eigenvalue weighted by Gasteiger charge is -2.14. The molecule has 22 heavy (non-hydrogen) atoms. The number of esters is 1. The molecule has 1 aliphatic rings. The van der Waals surface area contributed by atoms with Crippen molar-refractivity contribution in [2.75, 3.05) is 19.0 Å². The highest BCUT2D eigenvalue weighted by molar-refractivity contribution is 9.10. The minimum atomic E-state index is -0.487.